The lowest BCUT2D eigenvalue weighted by molar-refractivity contribution is 0.0772. The number of benzene rings is 3. The van der Waals surface area contributed by atoms with Crippen LogP contribution in [0.2, 0.25) is 0 Å². The van der Waals surface area contributed by atoms with Crippen LogP contribution in [-0.2, 0) is 6.61 Å². The standard InChI is InChI=1S/C27H23N3O3/c31-25-23-11-4-5-12-24(23)26(29-28-25)33-18-19-7-6-10-22(17-19)27(32)30-15-13-21(14-16-30)20-8-2-1-3-9-20/h1-13,17H,14-16,18H2,(H,28,31). The molecule has 3 aromatic carbocycles. The Bertz CT molecular complexity index is 1390. The lowest BCUT2D eigenvalue weighted by Gasteiger charge is -2.27. The number of nitrogens with zero attached hydrogens (tertiary/aromatic N) is 2. The molecule has 2 heterocycles. The summed E-state index contributed by atoms with van der Waals surface area (Å²) in [7, 11) is 0. The van der Waals surface area contributed by atoms with Gasteiger partial charge < -0.3 is 9.64 Å². The summed E-state index contributed by atoms with van der Waals surface area (Å²) in [5.41, 5.74) is 3.73. The third-order valence-corrected chi connectivity index (χ3v) is 5.85. The van der Waals surface area contributed by atoms with Gasteiger partial charge in [-0.2, -0.15) is 0 Å². The van der Waals surface area contributed by atoms with Gasteiger partial charge in [0, 0.05) is 18.7 Å². The molecule has 33 heavy (non-hydrogen) atoms. The summed E-state index contributed by atoms with van der Waals surface area (Å²) in [5.74, 6) is 0.365. The zero-order chi connectivity index (χ0) is 22.6. The van der Waals surface area contributed by atoms with Gasteiger partial charge in [-0.15, -0.1) is 5.10 Å². The van der Waals surface area contributed by atoms with Crippen LogP contribution in [0.5, 0.6) is 5.88 Å². The predicted octanol–water partition coefficient (Wildman–Crippen LogP) is 4.43. The number of H-pyrrole nitrogens is 1. The Morgan fingerprint density at radius 3 is 2.55 bits per heavy atom. The van der Waals surface area contributed by atoms with E-state index in [1.807, 2.05) is 53.4 Å². The normalized spacial score (nSPS) is 13.6. The fraction of sp³-hybridized carbons (Fsp3) is 0.148. The fourth-order valence-electron chi connectivity index (χ4n) is 4.10. The number of carbonyl (C=O) groups excluding carboxylic acids is 1. The Kier molecular flexibility index (Phi) is 5.72. The fourth-order valence-corrected chi connectivity index (χ4v) is 4.10. The van der Waals surface area contributed by atoms with E-state index in [0.717, 1.165) is 12.0 Å². The molecule has 0 atom stereocenters. The van der Waals surface area contributed by atoms with Crippen molar-refractivity contribution in [2.24, 2.45) is 0 Å². The van der Waals surface area contributed by atoms with Crippen LogP contribution in [0, 0.1) is 0 Å². The van der Waals surface area contributed by atoms with Crippen LogP contribution in [0.4, 0.5) is 0 Å². The monoisotopic (exact) mass is 437 g/mol. The van der Waals surface area contributed by atoms with Crippen molar-refractivity contribution in [2.45, 2.75) is 13.0 Å². The van der Waals surface area contributed by atoms with E-state index in [1.165, 1.54) is 11.1 Å². The maximum Gasteiger partial charge on any atom is 0.272 e. The molecule has 0 saturated carbocycles. The molecule has 0 radical (unpaired) electrons. The Balaban J connectivity index is 1.28. The summed E-state index contributed by atoms with van der Waals surface area (Å²) in [6, 6.07) is 24.9. The molecular formula is C27H23N3O3. The van der Waals surface area contributed by atoms with E-state index < -0.39 is 0 Å². The second-order valence-corrected chi connectivity index (χ2v) is 7.99. The van der Waals surface area contributed by atoms with Crippen molar-refractivity contribution in [2.75, 3.05) is 13.1 Å². The molecule has 1 aliphatic rings. The average molecular weight is 437 g/mol. The molecule has 0 unspecified atom stereocenters. The SMILES string of the molecule is O=C(c1cccc(COc2n[nH]c(=O)c3ccccc23)c1)N1CC=C(c2ccccc2)CC1. The van der Waals surface area contributed by atoms with Crippen LogP contribution < -0.4 is 10.3 Å². The highest BCUT2D eigenvalue weighted by molar-refractivity contribution is 5.95. The van der Waals surface area contributed by atoms with Crippen LogP contribution in [0.15, 0.2) is 89.7 Å². The smallest absolute Gasteiger partial charge is 0.272 e. The van der Waals surface area contributed by atoms with Crippen molar-refractivity contribution in [1.29, 1.82) is 0 Å². The summed E-state index contributed by atoms with van der Waals surface area (Å²) in [4.78, 5) is 26.9. The largest absolute Gasteiger partial charge is 0.471 e. The molecule has 0 saturated heterocycles. The maximum absolute atomic E-state index is 13.1. The van der Waals surface area contributed by atoms with Crippen molar-refractivity contribution in [1.82, 2.24) is 15.1 Å². The van der Waals surface area contributed by atoms with Gasteiger partial charge in [-0.25, -0.2) is 5.10 Å². The first-order valence-electron chi connectivity index (χ1n) is 10.9. The lowest BCUT2D eigenvalue weighted by Crippen LogP contribution is -2.34. The number of aromatic nitrogens is 2. The van der Waals surface area contributed by atoms with Gasteiger partial charge in [0.1, 0.15) is 6.61 Å². The Hall–Kier alpha value is -4.19. The quantitative estimate of drug-likeness (QED) is 0.501. The van der Waals surface area contributed by atoms with Crippen LogP contribution in [-0.4, -0.2) is 34.1 Å². The van der Waals surface area contributed by atoms with E-state index in [0.29, 0.717) is 35.3 Å². The van der Waals surface area contributed by atoms with E-state index in [-0.39, 0.29) is 18.1 Å². The number of hydrogen-bond donors (Lipinski definition) is 1. The number of carbonyl (C=O) groups is 1. The van der Waals surface area contributed by atoms with E-state index in [2.05, 4.69) is 28.4 Å². The topological polar surface area (TPSA) is 75.3 Å². The minimum absolute atomic E-state index is 0.00725. The molecule has 4 aromatic rings. The lowest BCUT2D eigenvalue weighted by atomic mass is 9.99. The van der Waals surface area contributed by atoms with Crippen molar-refractivity contribution in [3.8, 4) is 5.88 Å². The van der Waals surface area contributed by atoms with Crippen molar-refractivity contribution in [3.63, 3.8) is 0 Å². The molecule has 0 bridgehead atoms. The van der Waals surface area contributed by atoms with Gasteiger partial charge in [0.05, 0.1) is 10.8 Å². The van der Waals surface area contributed by atoms with Gasteiger partial charge >= 0.3 is 0 Å². The first kappa shape index (κ1) is 20.7. The highest BCUT2D eigenvalue weighted by Gasteiger charge is 2.19. The molecule has 5 rings (SSSR count). The minimum atomic E-state index is -0.253. The van der Waals surface area contributed by atoms with Gasteiger partial charge in [-0.1, -0.05) is 60.7 Å². The number of nitrogens with one attached hydrogen (secondary N) is 1. The van der Waals surface area contributed by atoms with Crippen LogP contribution in [0.25, 0.3) is 16.3 Å². The van der Waals surface area contributed by atoms with Gasteiger partial charge in [0.25, 0.3) is 11.5 Å². The molecule has 1 amide bonds. The Labute approximate surface area is 191 Å². The average Bonchev–Trinajstić information content (AvgIpc) is 2.89. The zero-order valence-corrected chi connectivity index (χ0v) is 18.0. The third kappa shape index (κ3) is 4.41. The number of amides is 1. The van der Waals surface area contributed by atoms with E-state index >= 15 is 0 Å². The van der Waals surface area contributed by atoms with Gasteiger partial charge in [-0.05, 0) is 47.4 Å². The molecule has 0 fully saturated rings. The molecule has 164 valence electrons. The Morgan fingerprint density at radius 1 is 0.970 bits per heavy atom. The molecule has 1 N–H and O–H groups in total. The number of rotatable bonds is 5. The third-order valence-electron chi connectivity index (χ3n) is 5.85. The number of ether oxygens (including phenoxy) is 1. The molecule has 0 aliphatic carbocycles. The molecular weight excluding hydrogens is 414 g/mol. The number of aromatic amines is 1. The summed E-state index contributed by atoms with van der Waals surface area (Å²) < 4.78 is 5.89. The highest BCUT2D eigenvalue weighted by atomic mass is 16.5. The minimum Gasteiger partial charge on any atom is -0.471 e. The molecule has 1 aliphatic heterocycles. The zero-order valence-electron chi connectivity index (χ0n) is 18.0. The van der Waals surface area contributed by atoms with Crippen molar-refractivity contribution in [3.05, 3.63) is 112 Å². The van der Waals surface area contributed by atoms with Crippen LogP contribution >= 0.6 is 0 Å². The Morgan fingerprint density at radius 2 is 1.76 bits per heavy atom. The summed E-state index contributed by atoms with van der Waals surface area (Å²) in [5, 5.41) is 7.70. The first-order chi connectivity index (χ1) is 16.2. The summed E-state index contributed by atoms with van der Waals surface area (Å²) in [6.45, 7) is 1.52. The molecule has 6 heteroatoms. The summed E-state index contributed by atoms with van der Waals surface area (Å²) in [6.07, 6.45) is 2.97. The molecule has 6 nitrogen and oxygen atoms in total. The van der Waals surface area contributed by atoms with Crippen molar-refractivity contribution >= 4 is 22.3 Å². The molecule has 1 aromatic heterocycles. The van der Waals surface area contributed by atoms with Gasteiger partial charge in [-0.3, -0.25) is 9.59 Å². The number of hydrogen-bond acceptors (Lipinski definition) is 4. The second-order valence-electron chi connectivity index (χ2n) is 7.99. The summed E-state index contributed by atoms with van der Waals surface area (Å²) >= 11 is 0. The highest BCUT2D eigenvalue weighted by Crippen LogP contribution is 2.24. The van der Waals surface area contributed by atoms with Gasteiger partial charge in [0.15, 0.2) is 0 Å². The van der Waals surface area contributed by atoms with E-state index in [9.17, 15) is 9.59 Å². The predicted molar refractivity (Wildman–Crippen MR) is 128 cm³/mol. The van der Waals surface area contributed by atoms with Crippen molar-refractivity contribution < 1.29 is 9.53 Å². The van der Waals surface area contributed by atoms with Gasteiger partial charge in [0.2, 0.25) is 5.88 Å². The molecule has 0 spiro atoms. The first-order valence-corrected chi connectivity index (χ1v) is 10.9. The number of fused-ring (bicyclic) bond motifs is 1. The van der Waals surface area contributed by atoms with Crippen LogP contribution in [0.1, 0.15) is 27.9 Å². The maximum atomic E-state index is 13.1. The van der Waals surface area contributed by atoms with E-state index in [1.54, 1.807) is 18.2 Å². The van der Waals surface area contributed by atoms with E-state index in [4.69, 9.17) is 4.74 Å². The second kappa shape index (κ2) is 9.12. The van der Waals surface area contributed by atoms with Crippen LogP contribution in [0.3, 0.4) is 0 Å².